The summed E-state index contributed by atoms with van der Waals surface area (Å²) in [5.41, 5.74) is 2.33. The van der Waals surface area contributed by atoms with Crippen molar-refractivity contribution in [1.29, 1.82) is 0 Å². The maximum absolute atomic E-state index is 11.4. The number of carbonyl (C=O) groups is 1. The lowest BCUT2D eigenvalue weighted by Crippen LogP contribution is -2.48. The minimum atomic E-state index is 0.154. The lowest BCUT2D eigenvalue weighted by atomic mass is 10.1. The standard InChI is InChI=1S/C17H27N3O2/c1-13(2)18-12-15-5-6-16(17(11-15)22-4)20-9-7-19(8-10-20)14(3)21/h5-6,11,13,18H,7-10,12H2,1-4H3. The van der Waals surface area contributed by atoms with Gasteiger partial charge < -0.3 is 19.9 Å². The summed E-state index contributed by atoms with van der Waals surface area (Å²) in [7, 11) is 1.71. The summed E-state index contributed by atoms with van der Waals surface area (Å²) in [4.78, 5) is 15.6. The molecule has 0 aromatic heterocycles. The first-order valence-corrected chi connectivity index (χ1v) is 7.92. The van der Waals surface area contributed by atoms with Gasteiger partial charge in [-0.1, -0.05) is 19.9 Å². The molecule has 2 rings (SSSR count). The first-order valence-electron chi connectivity index (χ1n) is 7.92. The molecule has 0 unspecified atom stereocenters. The summed E-state index contributed by atoms with van der Waals surface area (Å²) in [6.07, 6.45) is 0. The molecule has 5 nitrogen and oxygen atoms in total. The highest BCUT2D eigenvalue weighted by atomic mass is 16.5. The number of nitrogens with one attached hydrogen (secondary N) is 1. The van der Waals surface area contributed by atoms with Crippen molar-refractivity contribution in [3.05, 3.63) is 23.8 Å². The molecule has 1 aliphatic heterocycles. The molecule has 1 N–H and O–H groups in total. The lowest BCUT2D eigenvalue weighted by Gasteiger charge is -2.36. The van der Waals surface area contributed by atoms with Crippen LogP contribution in [0.3, 0.4) is 0 Å². The second-order valence-electron chi connectivity index (χ2n) is 6.03. The second-order valence-corrected chi connectivity index (χ2v) is 6.03. The summed E-state index contributed by atoms with van der Waals surface area (Å²) in [5, 5.41) is 3.42. The largest absolute Gasteiger partial charge is 0.495 e. The van der Waals surface area contributed by atoms with Crippen LogP contribution in [0.4, 0.5) is 5.69 Å². The predicted molar refractivity (Wildman–Crippen MR) is 89.4 cm³/mol. The zero-order valence-corrected chi connectivity index (χ0v) is 14.1. The topological polar surface area (TPSA) is 44.8 Å². The average molecular weight is 305 g/mol. The van der Waals surface area contributed by atoms with Crippen LogP contribution in [0.15, 0.2) is 18.2 Å². The van der Waals surface area contributed by atoms with Crippen molar-refractivity contribution in [3.8, 4) is 5.75 Å². The van der Waals surface area contributed by atoms with Crippen LogP contribution < -0.4 is 15.0 Å². The quantitative estimate of drug-likeness (QED) is 0.902. The Morgan fingerprint density at radius 3 is 2.50 bits per heavy atom. The Hall–Kier alpha value is -1.75. The van der Waals surface area contributed by atoms with Gasteiger partial charge in [-0.15, -0.1) is 0 Å². The van der Waals surface area contributed by atoms with E-state index in [2.05, 4.69) is 42.3 Å². The molecule has 0 radical (unpaired) electrons. The van der Waals surface area contributed by atoms with Crippen molar-refractivity contribution in [2.24, 2.45) is 0 Å². The molecule has 1 saturated heterocycles. The predicted octanol–water partition coefficient (Wildman–Crippen LogP) is 1.86. The van der Waals surface area contributed by atoms with Crippen molar-refractivity contribution in [1.82, 2.24) is 10.2 Å². The highest BCUT2D eigenvalue weighted by Gasteiger charge is 2.21. The Labute approximate surface area is 133 Å². The van der Waals surface area contributed by atoms with Gasteiger partial charge in [0.1, 0.15) is 5.75 Å². The maximum Gasteiger partial charge on any atom is 0.219 e. The van der Waals surface area contributed by atoms with E-state index in [0.717, 1.165) is 44.2 Å². The lowest BCUT2D eigenvalue weighted by molar-refractivity contribution is -0.129. The van der Waals surface area contributed by atoms with Gasteiger partial charge >= 0.3 is 0 Å². The highest BCUT2D eigenvalue weighted by molar-refractivity contribution is 5.73. The fraction of sp³-hybridized carbons (Fsp3) is 0.588. The van der Waals surface area contributed by atoms with Crippen molar-refractivity contribution in [2.45, 2.75) is 33.4 Å². The number of nitrogens with zero attached hydrogens (tertiary/aromatic N) is 2. The molecule has 0 aliphatic carbocycles. The van der Waals surface area contributed by atoms with Crippen molar-refractivity contribution in [2.75, 3.05) is 38.2 Å². The minimum absolute atomic E-state index is 0.154. The normalized spacial score (nSPS) is 15.3. The van der Waals surface area contributed by atoms with Gasteiger partial charge in [0.25, 0.3) is 0 Å². The number of ether oxygens (including phenoxy) is 1. The third kappa shape index (κ3) is 4.13. The first kappa shape index (κ1) is 16.6. The van der Waals surface area contributed by atoms with Gasteiger partial charge in [0.05, 0.1) is 12.8 Å². The molecule has 0 atom stereocenters. The van der Waals surface area contributed by atoms with E-state index in [1.54, 1.807) is 14.0 Å². The van der Waals surface area contributed by atoms with Gasteiger partial charge in [-0.25, -0.2) is 0 Å². The number of amides is 1. The summed E-state index contributed by atoms with van der Waals surface area (Å²) >= 11 is 0. The fourth-order valence-electron chi connectivity index (χ4n) is 2.68. The number of benzene rings is 1. The van der Waals surface area contributed by atoms with Crippen LogP contribution in [0.1, 0.15) is 26.3 Å². The van der Waals surface area contributed by atoms with Crippen LogP contribution in [0.2, 0.25) is 0 Å². The Kier molecular flexibility index (Phi) is 5.66. The monoisotopic (exact) mass is 305 g/mol. The van der Waals surface area contributed by atoms with E-state index < -0.39 is 0 Å². The van der Waals surface area contributed by atoms with Crippen LogP contribution in [0, 0.1) is 0 Å². The number of rotatable bonds is 5. The van der Waals surface area contributed by atoms with Crippen LogP contribution in [0.25, 0.3) is 0 Å². The van der Waals surface area contributed by atoms with Gasteiger partial charge in [0.15, 0.2) is 0 Å². The van der Waals surface area contributed by atoms with Crippen LogP contribution in [0.5, 0.6) is 5.75 Å². The summed E-state index contributed by atoms with van der Waals surface area (Å²) in [6, 6.07) is 6.83. The number of carbonyl (C=O) groups excluding carboxylic acids is 1. The van der Waals surface area contributed by atoms with E-state index >= 15 is 0 Å². The zero-order valence-electron chi connectivity index (χ0n) is 14.1. The Bertz CT molecular complexity index is 509. The van der Waals surface area contributed by atoms with Gasteiger partial charge in [0, 0.05) is 45.7 Å². The number of hydrogen-bond acceptors (Lipinski definition) is 4. The molecule has 5 heteroatoms. The van der Waals surface area contributed by atoms with E-state index in [-0.39, 0.29) is 5.91 Å². The number of hydrogen-bond donors (Lipinski definition) is 1. The number of anilines is 1. The van der Waals surface area contributed by atoms with Gasteiger partial charge in [-0.2, -0.15) is 0 Å². The summed E-state index contributed by atoms with van der Waals surface area (Å²) < 4.78 is 5.57. The molecule has 1 aromatic rings. The van der Waals surface area contributed by atoms with Gasteiger partial charge in [-0.05, 0) is 17.7 Å². The molecule has 0 spiro atoms. The minimum Gasteiger partial charge on any atom is -0.495 e. The Balaban J connectivity index is 2.06. The van der Waals surface area contributed by atoms with Gasteiger partial charge in [-0.3, -0.25) is 4.79 Å². The molecule has 1 fully saturated rings. The molecule has 22 heavy (non-hydrogen) atoms. The molecule has 1 amide bonds. The van der Waals surface area contributed by atoms with Gasteiger partial charge in [0.2, 0.25) is 5.91 Å². The van der Waals surface area contributed by atoms with E-state index in [1.165, 1.54) is 5.56 Å². The van der Waals surface area contributed by atoms with Crippen molar-refractivity contribution >= 4 is 11.6 Å². The molecular weight excluding hydrogens is 278 g/mol. The average Bonchev–Trinajstić information content (AvgIpc) is 2.52. The van der Waals surface area contributed by atoms with E-state index in [9.17, 15) is 4.79 Å². The highest BCUT2D eigenvalue weighted by Crippen LogP contribution is 2.30. The van der Waals surface area contributed by atoms with Crippen LogP contribution in [-0.4, -0.2) is 50.1 Å². The van der Waals surface area contributed by atoms with Crippen molar-refractivity contribution < 1.29 is 9.53 Å². The molecule has 1 aliphatic rings. The van der Waals surface area contributed by atoms with E-state index in [4.69, 9.17) is 4.74 Å². The van der Waals surface area contributed by atoms with E-state index in [1.807, 2.05) is 4.90 Å². The first-order chi connectivity index (χ1) is 10.5. The molecule has 1 heterocycles. The summed E-state index contributed by atoms with van der Waals surface area (Å²) in [6.45, 7) is 9.99. The zero-order chi connectivity index (χ0) is 16.1. The van der Waals surface area contributed by atoms with E-state index in [0.29, 0.717) is 6.04 Å². The molecule has 0 bridgehead atoms. The van der Waals surface area contributed by atoms with Crippen LogP contribution in [-0.2, 0) is 11.3 Å². The molecule has 122 valence electrons. The third-order valence-electron chi connectivity index (χ3n) is 4.02. The number of methoxy groups -OCH3 is 1. The second kappa shape index (κ2) is 7.49. The van der Waals surface area contributed by atoms with Crippen LogP contribution >= 0.6 is 0 Å². The third-order valence-corrected chi connectivity index (χ3v) is 4.02. The SMILES string of the molecule is COc1cc(CNC(C)C)ccc1N1CCN(C(C)=O)CC1. The fourth-order valence-corrected chi connectivity index (χ4v) is 2.68. The molecule has 1 aromatic carbocycles. The van der Waals surface area contributed by atoms with Crippen molar-refractivity contribution in [3.63, 3.8) is 0 Å². The Morgan fingerprint density at radius 2 is 1.95 bits per heavy atom. The Morgan fingerprint density at radius 1 is 1.27 bits per heavy atom. The maximum atomic E-state index is 11.4. The molecular formula is C17H27N3O2. The molecule has 0 saturated carbocycles. The smallest absolute Gasteiger partial charge is 0.219 e. The number of piperazine rings is 1. The summed E-state index contributed by atoms with van der Waals surface area (Å²) in [5.74, 6) is 1.06.